The van der Waals surface area contributed by atoms with E-state index in [9.17, 15) is 14.4 Å². The highest BCUT2D eigenvalue weighted by Gasteiger charge is 2.34. The van der Waals surface area contributed by atoms with Crippen LogP contribution in [0.1, 0.15) is 28.4 Å². The van der Waals surface area contributed by atoms with Crippen molar-refractivity contribution in [1.29, 1.82) is 0 Å². The molecule has 0 aliphatic carbocycles. The zero-order chi connectivity index (χ0) is 18.0. The molecule has 1 aliphatic rings. The SMILES string of the molecule is O=C(CN1C(=O)CC(c2ccc(Cl)cc2)NC1=O)c1ccc(Cl)cc1. The number of carbonyl (C=O) groups is 3. The molecule has 1 unspecified atom stereocenters. The Morgan fingerprint density at radius 2 is 1.56 bits per heavy atom. The largest absolute Gasteiger partial charge is 0.330 e. The second-order valence-corrected chi connectivity index (χ2v) is 6.54. The van der Waals surface area contributed by atoms with Crippen molar-refractivity contribution >= 4 is 40.9 Å². The van der Waals surface area contributed by atoms with Gasteiger partial charge >= 0.3 is 6.03 Å². The van der Waals surface area contributed by atoms with Gasteiger partial charge in [0.25, 0.3) is 0 Å². The summed E-state index contributed by atoms with van der Waals surface area (Å²) in [6.45, 7) is -0.306. The van der Waals surface area contributed by atoms with Gasteiger partial charge in [0.2, 0.25) is 5.91 Å². The topological polar surface area (TPSA) is 66.5 Å². The fraction of sp³-hybridized carbons (Fsp3) is 0.167. The summed E-state index contributed by atoms with van der Waals surface area (Å²) < 4.78 is 0. The molecule has 2 aromatic carbocycles. The number of hydrogen-bond donors (Lipinski definition) is 1. The fourth-order valence-electron chi connectivity index (χ4n) is 2.60. The van der Waals surface area contributed by atoms with E-state index in [4.69, 9.17) is 23.2 Å². The van der Waals surface area contributed by atoms with E-state index in [2.05, 4.69) is 5.32 Å². The summed E-state index contributed by atoms with van der Waals surface area (Å²) in [5, 5.41) is 3.83. The second kappa shape index (κ2) is 7.25. The number of Topliss-reactive ketones (excluding diaryl/α,β-unsaturated/α-hetero) is 1. The van der Waals surface area contributed by atoms with Gasteiger partial charge in [0.05, 0.1) is 19.0 Å². The number of benzene rings is 2. The number of hydrogen-bond acceptors (Lipinski definition) is 3. The summed E-state index contributed by atoms with van der Waals surface area (Å²) in [5.41, 5.74) is 1.18. The lowest BCUT2D eigenvalue weighted by atomic mass is 10.0. The monoisotopic (exact) mass is 376 g/mol. The Bertz CT molecular complexity index is 801. The van der Waals surface area contributed by atoms with E-state index in [1.165, 1.54) is 0 Å². The molecule has 5 nitrogen and oxygen atoms in total. The van der Waals surface area contributed by atoms with E-state index in [0.717, 1.165) is 10.5 Å². The lowest BCUT2D eigenvalue weighted by Crippen LogP contribution is -2.52. The van der Waals surface area contributed by atoms with Crippen LogP contribution in [0.15, 0.2) is 48.5 Å². The molecule has 3 rings (SSSR count). The van der Waals surface area contributed by atoms with Crippen LogP contribution >= 0.6 is 23.2 Å². The summed E-state index contributed by atoms with van der Waals surface area (Å²) >= 11 is 11.6. The van der Waals surface area contributed by atoms with Crippen molar-refractivity contribution in [1.82, 2.24) is 10.2 Å². The van der Waals surface area contributed by atoms with Crippen LogP contribution in [0.5, 0.6) is 0 Å². The van der Waals surface area contributed by atoms with Gasteiger partial charge in [-0.05, 0) is 42.0 Å². The molecule has 25 heavy (non-hydrogen) atoms. The average Bonchev–Trinajstić information content (AvgIpc) is 2.59. The minimum absolute atomic E-state index is 0.0846. The first-order valence-electron chi connectivity index (χ1n) is 7.59. The van der Waals surface area contributed by atoms with Gasteiger partial charge in [-0.25, -0.2) is 4.79 Å². The molecule has 1 saturated heterocycles. The minimum atomic E-state index is -0.585. The maximum Gasteiger partial charge on any atom is 0.325 e. The van der Waals surface area contributed by atoms with Crippen molar-refractivity contribution in [2.75, 3.05) is 6.54 Å². The van der Waals surface area contributed by atoms with Crippen LogP contribution < -0.4 is 5.32 Å². The Morgan fingerprint density at radius 1 is 1.00 bits per heavy atom. The molecule has 2 aromatic rings. The number of ketones is 1. The maximum absolute atomic E-state index is 12.3. The third-order valence-electron chi connectivity index (χ3n) is 3.96. The lowest BCUT2D eigenvalue weighted by Gasteiger charge is -2.31. The van der Waals surface area contributed by atoms with Crippen molar-refractivity contribution in [2.24, 2.45) is 0 Å². The Balaban J connectivity index is 1.69. The first-order valence-corrected chi connectivity index (χ1v) is 8.35. The second-order valence-electron chi connectivity index (χ2n) is 5.67. The number of nitrogens with zero attached hydrogens (tertiary/aromatic N) is 1. The highest BCUT2D eigenvalue weighted by Crippen LogP contribution is 2.24. The number of imide groups is 1. The minimum Gasteiger partial charge on any atom is -0.330 e. The van der Waals surface area contributed by atoms with Crippen LogP contribution in [-0.4, -0.2) is 29.2 Å². The van der Waals surface area contributed by atoms with Gasteiger partial charge in [-0.2, -0.15) is 0 Å². The van der Waals surface area contributed by atoms with Crippen LogP contribution in [0.25, 0.3) is 0 Å². The van der Waals surface area contributed by atoms with Gasteiger partial charge in [-0.15, -0.1) is 0 Å². The summed E-state index contributed by atoms with van der Waals surface area (Å²) in [7, 11) is 0. The molecule has 0 radical (unpaired) electrons. The summed E-state index contributed by atoms with van der Waals surface area (Å²) in [5.74, 6) is -0.726. The van der Waals surface area contributed by atoms with E-state index in [-0.39, 0.29) is 18.7 Å². The van der Waals surface area contributed by atoms with E-state index in [0.29, 0.717) is 15.6 Å². The number of nitrogens with one attached hydrogen (secondary N) is 1. The normalized spacial score (nSPS) is 17.4. The first kappa shape index (κ1) is 17.5. The van der Waals surface area contributed by atoms with Gasteiger partial charge in [0.15, 0.2) is 5.78 Å². The quantitative estimate of drug-likeness (QED) is 0.823. The molecule has 7 heteroatoms. The molecule has 1 fully saturated rings. The number of halogens is 2. The summed E-state index contributed by atoms with van der Waals surface area (Å²) in [4.78, 5) is 37.8. The number of amides is 3. The Kier molecular flexibility index (Phi) is 5.06. The van der Waals surface area contributed by atoms with E-state index in [1.807, 2.05) is 0 Å². The Morgan fingerprint density at radius 3 is 2.12 bits per heavy atom. The molecule has 0 aromatic heterocycles. The molecule has 1 aliphatic heterocycles. The third-order valence-corrected chi connectivity index (χ3v) is 4.47. The van der Waals surface area contributed by atoms with E-state index in [1.54, 1.807) is 48.5 Å². The van der Waals surface area contributed by atoms with Crippen molar-refractivity contribution in [3.05, 3.63) is 69.7 Å². The zero-order valence-electron chi connectivity index (χ0n) is 13.0. The van der Waals surface area contributed by atoms with Gasteiger partial charge < -0.3 is 5.32 Å². The zero-order valence-corrected chi connectivity index (χ0v) is 14.6. The van der Waals surface area contributed by atoms with Crippen molar-refractivity contribution in [3.63, 3.8) is 0 Å². The van der Waals surface area contributed by atoms with Gasteiger partial charge in [-0.3, -0.25) is 14.5 Å². The fourth-order valence-corrected chi connectivity index (χ4v) is 2.85. The van der Waals surface area contributed by atoms with Gasteiger partial charge in [0, 0.05) is 15.6 Å². The predicted octanol–water partition coefficient (Wildman–Crippen LogP) is 3.86. The molecule has 0 spiro atoms. The molecule has 0 saturated carbocycles. The average molecular weight is 377 g/mol. The highest BCUT2D eigenvalue weighted by molar-refractivity contribution is 6.30. The van der Waals surface area contributed by atoms with Crippen molar-refractivity contribution < 1.29 is 14.4 Å². The Hall–Kier alpha value is -2.37. The molecule has 128 valence electrons. The van der Waals surface area contributed by atoms with Gasteiger partial charge in [-0.1, -0.05) is 35.3 Å². The van der Waals surface area contributed by atoms with Crippen LogP contribution in [-0.2, 0) is 4.79 Å². The standard InChI is InChI=1S/C18H14Cl2N2O3/c19-13-5-1-11(2-6-13)15-9-17(24)22(18(25)21-15)10-16(23)12-3-7-14(20)8-4-12/h1-8,15H,9-10H2,(H,21,25). The molecule has 1 heterocycles. The van der Waals surface area contributed by atoms with E-state index < -0.39 is 18.0 Å². The highest BCUT2D eigenvalue weighted by atomic mass is 35.5. The van der Waals surface area contributed by atoms with E-state index >= 15 is 0 Å². The molecule has 0 bridgehead atoms. The first-order chi connectivity index (χ1) is 11.9. The van der Waals surface area contributed by atoms with Crippen molar-refractivity contribution in [3.8, 4) is 0 Å². The van der Waals surface area contributed by atoms with Crippen LogP contribution in [0.4, 0.5) is 4.79 Å². The lowest BCUT2D eigenvalue weighted by molar-refractivity contribution is -0.129. The smallest absolute Gasteiger partial charge is 0.325 e. The molecule has 3 amide bonds. The Labute approximate surface area is 154 Å². The molecular formula is C18H14Cl2N2O3. The summed E-state index contributed by atoms with van der Waals surface area (Å²) in [6.07, 6.45) is 0.0846. The third kappa shape index (κ3) is 4.00. The van der Waals surface area contributed by atoms with Crippen molar-refractivity contribution in [2.45, 2.75) is 12.5 Å². The maximum atomic E-state index is 12.3. The number of carbonyl (C=O) groups excluding carboxylic acids is 3. The molecular weight excluding hydrogens is 363 g/mol. The number of urea groups is 1. The molecule has 1 atom stereocenters. The summed E-state index contributed by atoms with van der Waals surface area (Å²) in [6, 6.07) is 12.2. The van der Waals surface area contributed by atoms with Gasteiger partial charge in [0.1, 0.15) is 0 Å². The van der Waals surface area contributed by atoms with Crippen LogP contribution in [0.3, 0.4) is 0 Å². The predicted molar refractivity (Wildman–Crippen MR) is 94.8 cm³/mol. The number of rotatable bonds is 4. The molecule has 1 N–H and O–H groups in total. The van der Waals surface area contributed by atoms with Crippen LogP contribution in [0.2, 0.25) is 10.0 Å². The van der Waals surface area contributed by atoms with Crippen LogP contribution in [0, 0.1) is 0 Å².